The number of carbonyl (C=O) groups is 2. The number of rotatable bonds is 3. The molecule has 0 aromatic heterocycles. The zero-order valence-electron chi connectivity index (χ0n) is 12.3. The van der Waals surface area contributed by atoms with Crippen LogP contribution >= 0.6 is 0 Å². The molecular formula is C16H21NO3. The van der Waals surface area contributed by atoms with Crippen molar-refractivity contribution in [2.24, 2.45) is 0 Å². The lowest BCUT2D eigenvalue weighted by Crippen LogP contribution is -2.47. The molecule has 0 bridgehead atoms. The van der Waals surface area contributed by atoms with E-state index >= 15 is 0 Å². The van der Waals surface area contributed by atoms with Crippen molar-refractivity contribution in [3.05, 3.63) is 29.8 Å². The Labute approximate surface area is 119 Å². The van der Waals surface area contributed by atoms with E-state index in [1.54, 1.807) is 18.7 Å². The van der Waals surface area contributed by atoms with E-state index < -0.39 is 6.10 Å². The van der Waals surface area contributed by atoms with Crippen molar-refractivity contribution in [2.75, 3.05) is 4.90 Å². The number of fused-ring (bicyclic) bond motifs is 1. The smallest absolute Gasteiger partial charge is 0.306 e. The average molecular weight is 275 g/mol. The van der Waals surface area contributed by atoms with E-state index in [-0.39, 0.29) is 24.3 Å². The third kappa shape index (κ3) is 2.84. The van der Waals surface area contributed by atoms with E-state index in [9.17, 15) is 9.59 Å². The van der Waals surface area contributed by atoms with Crippen LogP contribution < -0.4 is 4.90 Å². The van der Waals surface area contributed by atoms with Crippen LogP contribution in [0.2, 0.25) is 0 Å². The maximum Gasteiger partial charge on any atom is 0.306 e. The van der Waals surface area contributed by atoms with E-state index in [2.05, 4.69) is 0 Å². The minimum atomic E-state index is -0.740. The zero-order valence-corrected chi connectivity index (χ0v) is 12.3. The third-order valence-electron chi connectivity index (χ3n) is 3.71. The molecule has 4 heteroatoms. The van der Waals surface area contributed by atoms with Crippen LogP contribution in [0.25, 0.3) is 0 Å². The van der Waals surface area contributed by atoms with Gasteiger partial charge in [0.15, 0.2) is 6.10 Å². The Hall–Kier alpha value is -1.84. The molecule has 0 N–H and O–H groups in total. The molecule has 0 saturated heterocycles. The molecule has 4 nitrogen and oxygen atoms in total. The highest BCUT2D eigenvalue weighted by molar-refractivity contribution is 5.98. The molecule has 0 spiro atoms. The number of carbonyl (C=O) groups excluding carboxylic acids is 2. The number of nitrogens with zero attached hydrogens (tertiary/aromatic N) is 1. The first-order valence-electron chi connectivity index (χ1n) is 7.15. The van der Waals surface area contributed by atoms with Gasteiger partial charge in [-0.1, -0.05) is 25.1 Å². The van der Waals surface area contributed by atoms with Crippen LogP contribution in [0.15, 0.2) is 24.3 Å². The molecular weight excluding hydrogens is 254 g/mol. The van der Waals surface area contributed by atoms with Crippen LogP contribution in [0.1, 0.15) is 39.2 Å². The number of hydrogen-bond acceptors (Lipinski definition) is 3. The van der Waals surface area contributed by atoms with Crippen LogP contribution in [-0.4, -0.2) is 24.0 Å². The van der Waals surface area contributed by atoms with Crippen molar-refractivity contribution < 1.29 is 14.3 Å². The fraction of sp³-hybridized carbons (Fsp3) is 0.500. The first-order valence-corrected chi connectivity index (χ1v) is 7.15. The second kappa shape index (κ2) is 6.07. The molecule has 0 saturated carbocycles. The number of amides is 1. The van der Waals surface area contributed by atoms with Gasteiger partial charge in [0.2, 0.25) is 0 Å². The molecule has 1 aromatic rings. The minimum absolute atomic E-state index is 0.125. The molecule has 0 fully saturated rings. The van der Waals surface area contributed by atoms with Crippen LogP contribution in [0.4, 0.5) is 5.69 Å². The molecule has 1 heterocycles. The predicted molar refractivity (Wildman–Crippen MR) is 77.6 cm³/mol. The lowest BCUT2D eigenvalue weighted by molar-refractivity contribution is -0.153. The molecule has 1 aliphatic rings. The molecule has 1 aliphatic heterocycles. The quantitative estimate of drug-likeness (QED) is 0.797. The van der Waals surface area contributed by atoms with Gasteiger partial charge in [-0.2, -0.15) is 0 Å². The van der Waals surface area contributed by atoms with Crippen molar-refractivity contribution in [1.29, 1.82) is 0 Å². The maximum absolute atomic E-state index is 12.6. The first-order chi connectivity index (χ1) is 9.54. The average Bonchev–Trinajstić information content (AvgIpc) is 2.46. The Morgan fingerprint density at radius 1 is 1.40 bits per heavy atom. The molecule has 0 unspecified atom stereocenters. The highest BCUT2D eigenvalue weighted by Gasteiger charge is 2.32. The Morgan fingerprint density at radius 3 is 2.80 bits per heavy atom. The Bertz CT molecular complexity index is 512. The number of ether oxygens (including phenoxy) is 1. The van der Waals surface area contributed by atoms with Gasteiger partial charge in [-0.3, -0.25) is 9.59 Å². The molecule has 1 aromatic carbocycles. The van der Waals surface area contributed by atoms with Crippen LogP contribution in [0.3, 0.4) is 0 Å². The fourth-order valence-corrected chi connectivity index (χ4v) is 2.55. The van der Waals surface area contributed by atoms with Gasteiger partial charge in [-0.15, -0.1) is 0 Å². The van der Waals surface area contributed by atoms with Crippen molar-refractivity contribution >= 4 is 17.6 Å². The summed E-state index contributed by atoms with van der Waals surface area (Å²) in [6.07, 6.45) is 1.45. The van der Waals surface area contributed by atoms with Gasteiger partial charge in [0.25, 0.3) is 5.91 Å². The lowest BCUT2D eigenvalue weighted by atomic mass is 9.96. The Morgan fingerprint density at radius 2 is 2.10 bits per heavy atom. The molecule has 2 rings (SSSR count). The third-order valence-corrected chi connectivity index (χ3v) is 3.71. The number of para-hydroxylation sites is 1. The summed E-state index contributed by atoms with van der Waals surface area (Å²) in [4.78, 5) is 25.7. The minimum Gasteiger partial charge on any atom is -0.453 e. The molecule has 2 atom stereocenters. The van der Waals surface area contributed by atoms with Gasteiger partial charge >= 0.3 is 5.97 Å². The van der Waals surface area contributed by atoms with Crippen LogP contribution in [0.5, 0.6) is 0 Å². The summed E-state index contributed by atoms with van der Waals surface area (Å²) in [5, 5.41) is 0. The Balaban J connectivity index is 2.22. The van der Waals surface area contributed by atoms with Crippen molar-refractivity contribution in [3.8, 4) is 0 Å². The summed E-state index contributed by atoms with van der Waals surface area (Å²) >= 11 is 0. The lowest BCUT2D eigenvalue weighted by Gasteiger charge is -2.36. The van der Waals surface area contributed by atoms with E-state index in [1.807, 2.05) is 31.2 Å². The van der Waals surface area contributed by atoms with Gasteiger partial charge in [0.05, 0.1) is 0 Å². The molecule has 108 valence electrons. The van der Waals surface area contributed by atoms with E-state index in [4.69, 9.17) is 4.74 Å². The van der Waals surface area contributed by atoms with Gasteiger partial charge in [-0.05, 0) is 38.3 Å². The standard InChI is InChI=1S/C16H21NO3/c1-4-15(18)20-12(3)16(19)17-11(2)9-10-13-7-5-6-8-14(13)17/h5-8,11-12H,4,9-10H2,1-3H3/t11-,12+/m0/s1. The van der Waals surface area contributed by atoms with Crippen LogP contribution in [-0.2, 0) is 20.7 Å². The zero-order chi connectivity index (χ0) is 14.7. The highest BCUT2D eigenvalue weighted by atomic mass is 16.5. The summed E-state index contributed by atoms with van der Waals surface area (Å²) in [5.41, 5.74) is 2.11. The summed E-state index contributed by atoms with van der Waals surface area (Å²) < 4.78 is 5.15. The molecule has 20 heavy (non-hydrogen) atoms. The number of aryl methyl sites for hydroxylation is 1. The summed E-state index contributed by atoms with van der Waals surface area (Å²) in [6.45, 7) is 5.39. The molecule has 1 amide bonds. The molecule has 0 radical (unpaired) electrons. The second-order valence-electron chi connectivity index (χ2n) is 5.21. The van der Waals surface area contributed by atoms with Gasteiger partial charge in [-0.25, -0.2) is 0 Å². The van der Waals surface area contributed by atoms with Crippen LogP contribution in [0, 0.1) is 0 Å². The Kier molecular flexibility index (Phi) is 4.42. The number of anilines is 1. The van der Waals surface area contributed by atoms with Gasteiger partial charge in [0.1, 0.15) is 0 Å². The summed E-state index contributed by atoms with van der Waals surface area (Å²) in [5.74, 6) is -0.491. The summed E-state index contributed by atoms with van der Waals surface area (Å²) in [7, 11) is 0. The molecule has 0 aliphatic carbocycles. The number of esters is 1. The monoisotopic (exact) mass is 275 g/mol. The largest absolute Gasteiger partial charge is 0.453 e. The summed E-state index contributed by atoms with van der Waals surface area (Å²) in [6, 6.07) is 8.04. The SMILES string of the molecule is CCC(=O)O[C@H](C)C(=O)N1c2ccccc2CC[C@@H]1C. The van der Waals surface area contributed by atoms with Crippen molar-refractivity contribution in [3.63, 3.8) is 0 Å². The van der Waals surface area contributed by atoms with Gasteiger partial charge in [0, 0.05) is 18.2 Å². The fourth-order valence-electron chi connectivity index (χ4n) is 2.55. The van der Waals surface area contributed by atoms with Crippen molar-refractivity contribution in [1.82, 2.24) is 0 Å². The number of hydrogen-bond donors (Lipinski definition) is 0. The maximum atomic E-state index is 12.6. The second-order valence-corrected chi connectivity index (χ2v) is 5.21. The highest BCUT2D eigenvalue weighted by Crippen LogP contribution is 2.31. The van der Waals surface area contributed by atoms with E-state index in [0.717, 1.165) is 18.5 Å². The first kappa shape index (κ1) is 14.6. The number of benzene rings is 1. The van der Waals surface area contributed by atoms with Crippen molar-refractivity contribution in [2.45, 2.75) is 52.2 Å². The van der Waals surface area contributed by atoms with E-state index in [0.29, 0.717) is 0 Å². The topological polar surface area (TPSA) is 46.6 Å². The van der Waals surface area contributed by atoms with E-state index in [1.165, 1.54) is 5.56 Å². The predicted octanol–water partition coefficient (Wildman–Crippen LogP) is 2.70. The van der Waals surface area contributed by atoms with Gasteiger partial charge < -0.3 is 9.64 Å². The normalized spacial score (nSPS) is 19.1.